The molecule has 2 aromatic rings. The standard InChI is InChI=1S/C16H18N2O3S/c17-16(19)13-8-4-9-14(13)18-22(20,21)15-10-3-6-11-5-1-2-7-12(11)15/h1-3,5-7,10,13-14,18H,4,8-9H2,(H2,17,19)/t13-,14-/m0/s1. The van der Waals surface area contributed by atoms with Crippen LogP contribution in [0.1, 0.15) is 19.3 Å². The molecule has 1 fully saturated rings. The van der Waals surface area contributed by atoms with Crippen molar-refractivity contribution in [3.63, 3.8) is 0 Å². The van der Waals surface area contributed by atoms with E-state index in [-0.39, 0.29) is 4.90 Å². The number of primary amides is 1. The van der Waals surface area contributed by atoms with E-state index in [0.29, 0.717) is 18.2 Å². The maximum Gasteiger partial charge on any atom is 0.241 e. The first-order chi connectivity index (χ1) is 10.5. The molecule has 1 aliphatic carbocycles. The molecular weight excluding hydrogens is 300 g/mol. The SMILES string of the molecule is NC(=O)[C@H]1CCC[C@@H]1NS(=O)(=O)c1cccc2ccccc12. The number of amides is 1. The topological polar surface area (TPSA) is 89.3 Å². The van der Waals surface area contributed by atoms with Gasteiger partial charge >= 0.3 is 0 Å². The van der Waals surface area contributed by atoms with Crippen LogP contribution in [-0.4, -0.2) is 20.4 Å². The van der Waals surface area contributed by atoms with Crippen LogP contribution in [0.4, 0.5) is 0 Å². The number of hydrogen-bond donors (Lipinski definition) is 2. The van der Waals surface area contributed by atoms with Gasteiger partial charge in [0.15, 0.2) is 0 Å². The molecular formula is C16H18N2O3S. The first kappa shape index (κ1) is 15.0. The second-order valence-corrected chi connectivity index (χ2v) is 7.33. The van der Waals surface area contributed by atoms with Crippen molar-refractivity contribution < 1.29 is 13.2 Å². The van der Waals surface area contributed by atoms with Crippen LogP contribution in [-0.2, 0) is 14.8 Å². The number of carbonyl (C=O) groups excluding carboxylic acids is 1. The van der Waals surface area contributed by atoms with Gasteiger partial charge in [0.2, 0.25) is 15.9 Å². The molecule has 22 heavy (non-hydrogen) atoms. The predicted molar refractivity (Wildman–Crippen MR) is 84.6 cm³/mol. The lowest BCUT2D eigenvalue weighted by molar-refractivity contribution is -0.122. The van der Waals surface area contributed by atoms with Crippen molar-refractivity contribution in [1.82, 2.24) is 4.72 Å². The normalized spacial score (nSPS) is 22.0. The Labute approximate surface area is 129 Å². The second-order valence-electron chi connectivity index (χ2n) is 5.64. The fraction of sp³-hybridized carbons (Fsp3) is 0.312. The summed E-state index contributed by atoms with van der Waals surface area (Å²) in [6.07, 6.45) is 2.08. The average Bonchev–Trinajstić information content (AvgIpc) is 2.94. The average molecular weight is 318 g/mol. The van der Waals surface area contributed by atoms with Crippen molar-refractivity contribution >= 4 is 26.7 Å². The van der Waals surface area contributed by atoms with Crippen molar-refractivity contribution in [2.24, 2.45) is 11.7 Å². The number of benzene rings is 2. The van der Waals surface area contributed by atoms with Gasteiger partial charge in [-0.1, -0.05) is 42.8 Å². The van der Waals surface area contributed by atoms with E-state index in [2.05, 4.69) is 4.72 Å². The summed E-state index contributed by atoms with van der Waals surface area (Å²) in [4.78, 5) is 11.7. The molecule has 0 spiro atoms. The van der Waals surface area contributed by atoms with Crippen molar-refractivity contribution in [3.05, 3.63) is 42.5 Å². The molecule has 116 valence electrons. The fourth-order valence-electron chi connectivity index (χ4n) is 3.13. The van der Waals surface area contributed by atoms with Gasteiger partial charge in [0.05, 0.1) is 10.8 Å². The first-order valence-corrected chi connectivity index (χ1v) is 8.77. The van der Waals surface area contributed by atoms with Crippen molar-refractivity contribution in [2.45, 2.75) is 30.2 Å². The van der Waals surface area contributed by atoms with Crippen LogP contribution in [0.25, 0.3) is 10.8 Å². The number of carbonyl (C=O) groups is 1. The molecule has 0 aromatic heterocycles. The van der Waals surface area contributed by atoms with E-state index < -0.39 is 27.9 Å². The van der Waals surface area contributed by atoms with Crippen molar-refractivity contribution in [3.8, 4) is 0 Å². The van der Waals surface area contributed by atoms with Gasteiger partial charge in [0, 0.05) is 11.4 Å². The Kier molecular flexibility index (Phi) is 3.88. The van der Waals surface area contributed by atoms with Crippen LogP contribution in [0.3, 0.4) is 0 Å². The first-order valence-electron chi connectivity index (χ1n) is 7.28. The molecule has 6 heteroatoms. The van der Waals surface area contributed by atoms with E-state index in [9.17, 15) is 13.2 Å². The third kappa shape index (κ3) is 2.71. The van der Waals surface area contributed by atoms with E-state index in [1.807, 2.05) is 24.3 Å². The predicted octanol–water partition coefficient (Wildman–Crippen LogP) is 1.77. The lowest BCUT2D eigenvalue weighted by Crippen LogP contribution is -2.42. The molecule has 1 saturated carbocycles. The molecule has 3 N–H and O–H groups in total. The second kappa shape index (κ2) is 5.70. The van der Waals surface area contributed by atoms with Gasteiger partial charge in [-0.25, -0.2) is 13.1 Å². The number of rotatable bonds is 4. The highest BCUT2D eigenvalue weighted by atomic mass is 32.2. The minimum atomic E-state index is -3.69. The molecule has 3 rings (SSSR count). The monoisotopic (exact) mass is 318 g/mol. The van der Waals surface area contributed by atoms with Crippen LogP contribution in [0.2, 0.25) is 0 Å². The van der Waals surface area contributed by atoms with Crippen LogP contribution < -0.4 is 10.5 Å². The zero-order valence-electron chi connectivity index (χ0n) is 12.0. The van der Waals surface area contributed by atoms with Crippen LogP contribution >= 0.6 is 0 Å². The maximum atomic E-state index is 12.7. The third-order valence-corrected chi connectivity index (χ3v) is 5.78. The zero-order chi connectivity index (χ0) is 15.7. The number of sulfonamides is 1. The number of nitrogens with two attached hydrogens (primary N) is 1. The molecule has 0 saturated heterocycles. The quantitative estimate of drug-likeness (QED) is 0.900. The molecule has 2 atom stereocenters. The number of fused-ring (bicyclic) bond motifs is 1. The van der Waals surface area contributed by atoms with Crippen molar-refractivity contribution in [1.29, 1.82) is 0 Å². The van der Waals surface area contributed by atoms with Gasteiger partial charge in [0.1, 0.15) is 0 Å². The Bertz CT molecular complexity index is 812. The number of nitrogens with one attached hydrogen (secondary N) is 1. The summed E-state index contributed by atoms with van der Waals surface area (Å²) in [6.45, 7) is 0. The summed E-state index contributed by atoms with van der Waals surface area (Å²) in [5.41, 5.74) is 5.36. The van der Waals surface area contributed by atoms with Crippen LogP contribution in [0, 0.1) is 5.92 Å². The van der Waals surface area contributed by atoms with Crippen LogP contribution in [0.5, 0.6) is 0 Å². The minimum Gasteiger partial charge on any atom is -0.369 e. The molecule has 0 bridgehead atoms. The van der Waals surface area contributed by atoms with Gasteiger partial charge in [-0.3, -0.25) is 4.79 Å². The molecule has 0 heterocycles. The van der Waals surface area contributed by atoms with E-state index in [4.69, 9.17) is 5.73 Å². The lowest BCUT2D eigenvalue weighted by Gasteiger charge is -2.19. The maximum absolute atomic E-state index is 12.7. The van der Waals surface area contributed by atoms with Gasteiger partial charge in [-0.05, 0) is 24.3 Å². The van der Waals surface area contributed by atoms with Gasteiger partial charge in [-0.2, -0.15) is 0 Å². The summed E-state index contributed by atoms with van der Waals surface area (Å²) < 4.78 is 28.1. The highest BCUT2D eigenvalue weighted by Crippen LogP contribution is 2.28. The Balaban J connectivity index is 1.97. The Morgan fingerprint density at radius 1 is 1.09 bits per heavy atom. The molecule has 0 radical (unpaired) electrons. The highest BCUT2D eigenvalue weighted by molar-refractivity contribution is 7.89. The van der Waals surface area contributed by atoms with E-state index in [0.717, 1.165) is 11.8 Å². The van der Waals surface area contributed by atoms with E-state index >= 15 is 0 Å². The largest absolute Gasteiger partial charge is 0.369 e. The molecule has 1 amide bonds. The minimum absolute atomic E-state index is 0.237. The van der Waals surface area contributed by atoms with E-state index in [1.165, 1.54) is 0 Å². The molecule has 5 nitrogen and oxygen atoms in total. The molecule has 2 aromatic carbocycles. The van der Waals surface area contributed by atoms with Gasteiger partial charge < -0.3 is 5.73 Å². The molecule has 0 unspecified atom stereocenters. The lowest BCUT2D eigenvalue weighted by atomic mass is 10.0. The smallest absolute Gasteiger partial charge is 0.241 e. The molecule has 1 aliphatic rings. The Hall–Kier alpha value is -1.92. The fourth-order valence-corrected chi connectivity index (χ4v) is 4.68. The summed E-state index contributed by atoms with van der Waals surface area (Å²) in [7, 11) is -3.69. The van der Waals surface area contributed by atoms with Gasteiger partial charge in [0.25, 0.3) is 0 Å². The summed E-state index contributed by atoms with van der Waals surface area (Å²) >= 11 is 0. The Morgan fingerprint density at radius 3 is 2.59 bits per heavy atom. The highest BCUT2D eigenvalue weighted by Gasteiger charge is 2.35. The van der Waals surface area contributed by atoms with Crippen molar-refractivity contribution in [2.75, 3.05) is 0 Å². The zero-order valence-corrected chi connectivity index (χ0v) is 12.8. The summed E-state index contributed by atoms with van der Waals surface area (Å²) in [5, 5.41) is 1.54. The molecule has 0 aliphatic heterocycles. The summed E-state index contributed by atoms with van der Waals surface area (Å²) in [6, 6.07) is 12.1. The van der Waals surface area contributed by atoms with Gasteiger partial charge in [-0.15, -0.1) is 0 Å². The van der Waals surface area contributed by atoms with Crippen LogP contribution in [0.15, 0.2) is 47.4 Å². The number of hydrogen-bond acceptors (Lipinski definition) is 3. The van der Waals surface area contributed by atoms with E-state index in [1.54, 1.807) is 18.2 Å². The third-order valence-electron chi connectivity index (χ3n) is 4.23. The summed E-state index contributed by atoms with van der Waals surface area (Å²) in [5.74, 6) is -0.868. The Morgan fingerprint density at radius 2 is 1.82 bits per heavy atom.